The molecule has 45 heavy (non-hydrogen) atoms. The first-order valence-electron chi connectivity index (χ1n) is 17.7. The molecule has 0 bridgehead atoms. The highest BCUT2D eigenvalue weighted by atomic mass is 31.2. The van der Waals surface area contributed by atoms with E-state index in [0.717, 1.165) is 57.8 Å². The third-order valence-corrected chi connectivity index (χ3v) is 8.59. The fourth-order valence-corrected chi connectivity index (χ4v) is 5.50. The summed E-state index contributed by atoms with van der Waals surface area (Å²) in [4.78, 5) is 34.9. The topological polar surface area (TPSA) is 108 Å². The molecule has 0 aromatic rings. The van der Waals surface area contributed by atoms with Crippen LogP contribution in [0, 0.1) is 12.3 Å². The van der Waals surface area contributed by atoms with Crippen LogP contribution in [-0.2, 0) is 32.7 Å². The van der Waals surface area contributed by atoms with Crippen molar-refractivity contribution in [1.82, 2.24) is 0 Å². The second-order valence-electron chi connectivity index (χ2n) is 13.2. The summed E-state index contributed by atoms with van der Waals surface area (Å²) in [6, 6.07) is 0. The average molecular weight is 661 g/mol. The number of phosphoric ester groups is 1. The maximum Gasteiger partial charge on any atom is 0.472 e. The molecule has 0 amide bonds. The number of likely N-dealkylation sites (N-methyl/N-ethyl adjacent to an activating group) is 1. The van der Waals surface area contributed by atoms with E-state index in [1.54, 1.807) is 0 Å². The number of terminal acetylenes is 1. The predicted molar refractivity (Wildman–Crippen MR) is 182 cm³/mol. The van der Waals surface area contributed by atoms with Gasteiger partial charge in [-0.2, -0.15) is 0 Å². The Morgan fingerprint density at radius 2 is 1.18 bits per heavy atom. The van der Waals surface area contributed by atoms with Crippen molar-refractivity contribution in [2.45, 2.75) is 154 Å². The molecule has 264 valence electrons. The van der Waals surface area contributed by atoms with Crippen LogP contribution in [0.15, 0.2) is 0 Å². The summed E-state index contributed by atoms with van der Waals surface area (Å²) in [6.45, 7) is 2.13. The summed E-state index contributed by atoms with van der Waals surface area (Å²) >= 11 is 0. The van der Waals surface area contributed by atoms with Gasteiger partial charge in [0.05, 0.1) is 27.7 Å². The summed E-state index contributed by atoms with van der Waals surface area (Å²) in [6.07, 6.45) is 27.2. The number of carbonyl (C=O) groups is 2. The molecule has 0 saturated carbocycles. The van der Waals surface area contributed by atoms with E-state index in [4.69, 9.17) is 24.9 Å². The van der Waals surface area contributed by atoms with Gasteiger partial charge in [0.25, 0.3) is 0 Å². The van der Waals surface area contributed by atoms with E-state index in [2.05, 4.69) is 12.8 Å². The van der Waals surface area contributed by atoms with E-state index in [0.29, 0.717) is 17.4 Å². The zero-order valence-corrected chi connectivity index (χ0v) is 30.1. The summed E-state index contributed by atoms with van der Waals surface area (Å²) in [5.74, 6) is 1.80. The van der Waals surface area contributed by atoms with Gasteiger partial charge < -0.3 is 18.9 Å². The minimum Gasteiger partial charge on any atom is -0.462 e. The number of hydrogen-bond acceptors (Lipinski definition) is 7. The van der Waals surface area contributed by atoms with Gasteiger partial charge in [-0.15, -0.1) is 12.3 Å². The van der Waals surface area contributed by atoms with E-state index >= 15 is 0 Å². The molecule has 0 saturated heterocycles. The SMILES string of the molecule is C#CCCCCCCCCC(=O)O[C@@H](COC(=O)CCCCCCCCCCCCCCC)COP(=O)(O)OCC[N+](C)(C)C. The number of nitrogens with zero attached hydrogens (tertiary/aromatic N) is 1. The van der Waals surface area contributed by atoms with Crippen molar-refractivity contribution in [2.75, 3.05) is 47.5 Å². The lowest BCUT2D eigenvalue weighted by atomic mass is 10.0. The average Bonchev–Trinajstić information content (AvgIpc) is 2.97. The summed E-state index contributed by atoms with van der Waals surface area (Å²) in [5, 5.41) is 0. The third kappa shape index (κ3) is 32.3. The standard InChI is InChI=1S/C35H66NO8P/c1-6-8-10-12-14-16-17-18-19-20-22-23-25-27-34(37)41-31-33(32-43-45(39,40)42-30-29-36(3,4)5)44-35(38)28-26-24-21-15-13-11-9-7-2/h2,33H,6,8-32H2,1,3-5H3/p+1/t33-/m0/s1. The Hall–Kier alpha value is -1.43. The monoisotopic (exact) mass is 660 g/mol. The number of quaternary nitrogens is 1. The van der Waals surface area contributed by atoms with Crippen LogP contribution in [0.5, 0.6) is 0 Å². The van der Waals surface area contributed by atoms with Crippen molar-refractivity contribution < 1.29 is 42.1 Å². The summed E-state index contributed by atoms with van der Waals surface area (Å²) in [7, 11) is 1.45. The Bertz CT molecular complexity index is 823. The van der Waals surface area contributed by atoms with E-state index in [1.165, 1.54) is 64.2 Å². The normalized spacial score (nSPS) is 13.6. The zero-order valence-electron chi connectivity index (χ0n) is 29.2. The Morgan fingerprint density at radius 3 is 1.67 bits per heavy atom. The van der Waals surface area contributed by atoms with Gasteiger partial charge in [-0.25, -0.2) is 4.57 Å². The van der Waals surface area contributed by atoms with Gasteiger partial charge in [-0.1, -0.05) is 110 Å². The molecule has 10 heteroatoms. The fourth-order valence-electron chi connectivity index (χ4n) is 4.75. The molecule has 0 fully saturated rings. The van der Waals surface area contributed by atoms with Crippen LogP contribution >= 0.6 is 7.82 Å². The van der Waals surface area contributed by atoms with Gasteiger partial charge in [0.2, 0.25) is 0 Å². The van der Waals surface area contributed by atoms with Crippen LogP contribution in [0.2, 0.25) is 0 Å². The first-order valence-corrected chi connectivity index (χ1v) is 19.2. The highest BCUT2D eigenvalue weighted by Crippen LogP contribution is 2.43. The van der Waals surface area contributed by atoms with Crippen molar-refractivity contribution in [3.8, 4) is 12.3 Å². The van der Waals surface area contributed by atoms with E-state index in [1.807, 2.05) is 21.1 Å². The maximum absolute atomic E-state index is 12.5. The van der Waals surface area contributed by atoms with Crippen LogP contribution < -0.4 is 0 Å². The quantitative estimate of drug-likeness (QED) is 0.0252. The molecule has 0 aliphatic carbocycles. The van der Waals surface area contributed by atoms with Crippen LogP contribution in [0.4, 0.5) is 0 Å². The molecule has 0 spiro atoms. The lowest BCUT2D eigenvalue weighted by Crippen LogP contribution is -2.37. The van der Waals surface area contributed by atoms with Crippen LogP contribution in [0.3, 0.4) is 0 Å². The first-order chi connectivity index (χ1) is 21.5. The molecule has 0 aliphatic heterocycles. The number of hydrogen-bond donors (Lipinski definition) is 1. The molecular weight excluding hydrogens is 593 g/mol. The van der Waals surface area contributed by atoms with Crippen molar-refractivity contribution in [1.29, 1.82) is 0 Å². The molecule has 0 aliphatic rings. The lowest BCUT2D eigenvalue weighted by Gasteiger charge is -2.24. The molecule has 0 radical (unpaired) electrons. The van der Waals surface area contributed by atoms with Gasteiger partial charge in [-0.05, 0) is 19.3 Å². The van der Waals surface area contributed by atoms with Crippen molar-refractivity contribution in [3.05, 3.63) is 0 Å². The molecule has 0 aromatic heterocycles. The van der Waals surface area contributed by atoms with Crippen molar-refractivity contribution in [3.63, 3.8) is 0 Å². The van der Waals surface area contributed by atoms with Crippen molar-refractivity contribution in [2.24, 2.45) is 0 Å². The second kappa shape index (κ2) is 28.8. The summed E-state index contributed by atoms with van der Waals surface area (Å²) in [5.41, 5.74) is 0. The van der Waals surface area contributed by atoms with E-state index in [-0.39, 0.29) is 32.0 Å². The molecule has 1 unspecified atom stereocenters. The minimum atomic E-state index is -4.36. The number of carbonyl (C=O) groups excluding carboxylic acids is 2. The lowest BCUT2D eigenvalue weighted by molar-refractivity contribution is -0.870. The summed E-state index contributed by atoms with van der Waals surface area (Å²) < 4.78 is 33.9. The fraction of sp³-hybridized carbons (Fsp3) is 0.886. The third-order valence-electron chi connectivity index (χ3n) is 7.60. The maximum atomic E-state index is 12.5. The molecule has 0 heterocycles. The van der Waals surface area contributed by atoms with Crippen LogP contribution in [0.1, 0.15) is 148 Å². The number of ether oxygens (including phenoxy) is 2. The number of unbranched alkanes of at least 4 members (excludes halogenated alkanes) is 18. The Morgan fingerprint density at radius 1 is 0.711 bits per heavy atom. The Labute approximate surface area is 275 Å². The molecule has 9 nitrogen and oxygen atoms in total. The highest BCUT2D eigenvalue weighted by molar-refractivity contribution is 7.47. The zero-order chi connectivity index (χ0) is 33.7. The molecule has 1 N–H and O–H groups in total. The van der Waals surface area contributed by atoms with Crippen LogP contribution in [0.25, 0.3) is 0 Å². The van der Waals surface area contributed by atoms with Gasteiger partial charge >= 0.3 is 19.8 Å². The molecule has 0 rings (SSSR count). The van der Waals surface area contributed by atoms with Gasteiger partial charge in [0.15, 0.2) is 6.10 Å². The Kier molecular flexibility index (Phi) is 27.9. The van der Waals surface area contributed by atoms with E-state index in [9.17, 15) is 19.0 Å². The highest BCUT2D eigenvalue weighted by Gasteiger charge is 2.27. The minimum absolute atomic E-state index is 0.0264. The molecular formula is C35H67NO8P+. The van der Waals surface area contributed by atoms with Crippen molar-refractivity contribution >= 4 is 19.8 Å². The Balaban J connectivity index is 4.40. The van der Waals surface area contributed by atoms with Gasteiger partial charge in [0.1, 0.15) is 19.8 Å². The van der Waals surface area contributed by atoms with Crippen LogP contribution in [-0.4, -0.2) is 74.9 Å². The molecule has 2 atom stereocenters. The predicted octanol–water partition coefficient (Wildman–Crippen LogP) is 8.52. The van der Waals surface area contributed by atoms with Gasteiger partial charge in [0, 0.05) is 19.3 Å². The second-order valence-corrected chi connectivity index (χ2v) is 14.7. The van der Waals surface area contributed by atoms with Gasteiger partial charge in [-0.3, -0.25) is 18.6 Å². The smallest absolute Gasteiger partial charge is 0.462 e. The molecule has 0 aromatic carbocycles. The first kappa shape index (κ1) is 43.6. The number of phosphoric acid groups is 1. The van der Waals surface area contributed by atoms with E-state index < -0.39 is 26.5 Å². The number of esters is 2. The number of rotatable bonds is 32. The largest absolute Gasteiger partial charge is 0.472 e.